The highest BCUT2D eigenvalue weighted by Gasteiger charge is 2.22. The van der Waals surface area contributed by atoms with E-state index >= 15 is 0 Å². The largest absolute Gasteiger partial charge is 0.493 e. The molecular weight excluding hydrogens is 244 g/mol. The van der Waals surface area contributed by atoms with Gasteiger partial charge in [0.05, 0.1) is 25.4 Å². The molecule has 2 N–H and O–H groups in total. The van der Waals surface area contributed by atoms with Gasteiger partial charge in [-0.1, -0.05) is 5.16 Å². The van der Waals surface area contributed by atoms with Crippen LogP contribution in [0.2, 0.25) is 0 Å². The van der Waals surface area contributed by atoms with Crippen LogP contribution in [0, 0.1) is 0 Å². The van der Waals surface area contributed by atoms with E-state index in [4.69, 9.17) is 14.7 Å². The lowest BCUT2D eigenvalue weighted by Crippen LogP contribution is -2.10. The maximum Gasteiger partial charge on any atom is 0.162 e. The van der Waals surface area contributed by atoms with Gasteiger partial charge in [-0.15, -0.1) is 0 Å². The van der Waals surface area contributed by atoms with Crippen LogP contribution in [0.25, 0.3) is 10.9 Å². The number of rotatable bonds is 2. The van der Waals surface area contributed by atoms with Gasteiger partial charge in [0, 0.05) is 11.5 Å². The van der Waals surface area contributed by atoms with Gasteiger partial charge in [-0.2, -0.15) is 0 Å². The van der Waals surface area contributed by atoms with Crippen LogP contribution in [0.1, 0.15) is 24.1 Å². The Bertz CT molecular complexity index is 658. The third kappa shape index (κ3) is 1.73. The van der Waals surface area contributed by atoms with Crippen LogP contribution in [-0.2, 0) is 6.42 Å². The van der Waals surface area contributed by atoms with Gasteiger partial charge in [-0.3, -0.25) is 0 Å². The van der Waals surface area contributed by atoms with Crippen molar-refractivity contribution in [3.05, 3.63) is 23.4 Å². The summed E-state index contributed by atoms with van der Waals surface area (Å²) in [6.45, 7) is 0. The molecule has 0 radical (unpaired) electrons. The Kier molecular flexibility index (Phi) is 2.81. The standard InChI is InChI=1S/C14H16N2O3/c1-18-12-6-9-8-4-3-5-10(16-17)14(8)15-11(9)7-13(12)19-2/h6-7,15,17H,3-5H2,1-2H3. The number of oxime groups is 1. The Hall–Kier alpha value is -2.17. The van der Waals surface area contributed by atoms with Crippen LogP contribution in [-0.4, -0.2) is 30.1 Å². The minimum absolute atomic E-state index is 0.691. The first-order chi connectivity index (χ1) is 9.28. The molecule has 100 valence electrons. The molecule has 0 spiro atoms. The van der Waals surface area contributed by atoms with Crippen molar-refractivity contribution in [2.24, 2.45) is 5.16 Å². The molecule has 1 aromatic heterocycles. The number of aryl methyl sites for hydroxylation is 1. The van der Waals surface area contributed by atoms with Crippen LogP contribution in [0.4, 0.5) is 0 Å². The van der Waals surface area contributed by atoms with Gasteiger partial charge in [0.25, 0.3) is 0 Å². The number of H-pyrrole nitrogens is 1. The Morgan fingerprint density at radius 1 is 1.16 bits per heavy atom. The molecule has 0 fully saturated rings. The molecule has 5 nitrogen and oxygen atoms in total. The van der Waals surface area contributed by atoms with E-state index in [1.807, 2.05) is 12.1 Å². The number of fused-ring (bicyclic) bond motifs is 3. The number of benzene rings is 1. The van der Waals surface area contributed by atoms with Crippen LogP contribution in [0.5, 0.6) is 11.5 Å². The van der Waals surface area contributed by atoms with Crippen molar-refractivity contribution in [1.82, 2.24) is 4.98 Å². The van der Waals surface area contributed by atoms with E-state index in [1.54, 1.807) is 14.2 Å². The number of nitrogens with zero attached hydrogens (tertiary/aromatic N) is 1. The van der Waals surface area contributed by atoms with Crippen molar-refractivity contribution >= 4 is 16.6 Å². The topological polar surface area (TPSA) is 66.8 Å². The van der Waals surface area contributed by atoms with Crippen molar-refractivity contribution < 1.29 is 14.7 Å². The average molecular weight is 260 g/mol. The number of hydrogen-bond acceptors (Lipinski definition) is 4. The zero-order valence-electron chi connectivity index (χ0n) is 11.0. The number of nitrogens with one attached hydrogen (secondary N) is 1. The number of methoxy groups -OCH3 is 2. The highest BCUT2D eigenvalue weighted by atomic mass is 16.5. The van der Waals surface area contributed by atoms with Crippen molar-refractivity contribution in [3.8, 4) is 11.5 Å². The zero-order chi connectivity index (χ0) is 13.4. The van der Waals surface area contributed by atoms with Crippen molar-refractivity contribution in [2.75, 3.05) is 14.2 Å². The van der Waals surface area contributed by atoms with E-state index in [2.05, 4.69) is 10.1 Å². The van der Waals surface area contributed by atoms with Crippen molar-refractivity contribution in [1.29, 1.82) is 0 Å². The fourth-order valence-corrected chi connectivity index (χ4v) is 2.74. The summed E-state index contributed by atoms with van der Waals surface area (Å²) in [6, 6.07) is 3.89. The first-order valence-electron chi connectivity index (χ1n) is 6.26. The molecule has 5 heteroatoms. The molecular formula is C14H16N2O3. The second-order valence-corrected chi connectivity index (χ2v) is 4.63. The normalized spacial score (nSPS) is 16.6. The minimum atomic E-state index is 0.691. The van der Waals surface area contributed by atoms with Crippen LogP contribution in [0.15, 0.2) is 17.3 Å². The number of ether oxygens (including phenoxy) is 2. The maximum absolute atomic E-state index is 9.08. The molecule has 0 amide bonds. The molecule has 1 heterocycles. The first kappa shape index (κ1) is 11.9. The van der Waals surface area contributed by atoms with Gasteiger partial charge in [-0.05, 0) is 30.9 Å². The summed E-state index contributed by atoms with van der Waals surface area (Å²) in [5.41, 5.74) is 3.81. The zero-order valence-corrected chi connectivity index (χ0v) is 11.0. The molecule has 0 bridgehead atoms. The second-order valence-electron chi connectivity index (χ2n) is 4.63. The van der Waals surface area contributed by atoms with Crippen LogP contribution < -0.4 is 9.47 Å². The summed E-state index contributed by atoms with van der Waals surface area (Å²) in [4.78, 5) is 3.32. The lowest BCUT2D eigenvalue weighted by atomic mass is 9.94. The minimum Gasteiger partial charge on any atom is -0.493 e. The van der Waals surface area contributed by atoms with Gasteiger partial charge in [-0.25, -0.2) is 0 Å². The average Bonchev–Trinajstić information content (AvgIpc) is 2.83. The first-order valence-corrected chi connectivity index (χ1v) is 6.26. The van der Waals surface area contributed by atoms with Crippen molar-refractivity contribution in [2.45, 2.75) is 19.3 Å². The Balaban J connectivity index is 2.28. The van der Waals surface area contributed by atoms with Gasteiger partial charge in [0.1, 0.15) is 5.71 Å². The van der Waals surface area contributed by atoms with Crippen molar-refractivity contribution in [3.63, 3.8) is 0 Å². The molecule has 1 aromatic carbocycles. The molecule has 1 aliphatic carbocycles. The smallest absolute Gasteiger partial charge is 0.162 e. The summed E-state index contributed by atoms with van der Waals surface area (Å²) >= 11 is 0. The second kappa shape index (κ2) is 4.50. The Morgan fingerprint density at radius 2 is 1.89 bits per heavy atom. The van der Waals surface area contributed by atoms with E-state index in [-0.39, 0.29) is 0 Å². The van der Waals surface area contributed by atoms with E-state index in [0.29, 0.717) is 11.5 Å². The highest BCUT2D eigenvalue weighted by Crippen LogP contribution is 2.37. The van der Waals surface area contributed by atoms with E-state index in [1.165, 1.54) is 5.56 Å². The molecule has 0 saturated carbocycles. The highest BCUT2D eigenvalue weighted by molar-refractivity contribution is 6.06. The maximum atomic E-state index is 9.08. The predicted molar refractivity (Wildman–Crippen MR) is 72.7 cm³/mol. The fraction of sp³-hybridized carbons (Fsp3) is 0.357. The summed E-state index contributed by atoms with van der Waals surface area (Å²) in [7, 11) is 3.25. The Morgan fingerprint density at radius 3 is 2.58 bits per heavy atom. The molecule has 0 unspecified atom stereocenters. The summed E-state index contributed by atoms with van der Waals surface area (Å²) < 4.78 is 10.6. The summed E-state index contributed by atoms with van der Waals surface area (Å²) in [5, 5.41) is 13.6. The van der Waals surface area contributed by atoms with Gasteiger partial charge in [0.2, 0.25) is 0 Å². The van der Waals surface area contributed by atoms with E-state index in [9.17, 15) is 0 Å². The predicted octanol–water partition coefficient (Wildman–Crippen LogP) is 2.70. The third-order valence-electron chi connectivity index (χ3n) is 3.66. The number of aromatic nitrogens is 1. The van der Waals surface area contributed by atoms with Crippen LogP contribution in [0.3, 0.4) is 0 Å². The molecule has 0 atom stereocenters. The molecule has 1 aliphatic rings. The van der Waals surface area contributed by atoms with E-state index < -0.39 is 0 Å². The summed E-state index contributed by atoms with van der Waals surface area (Å²) in [6.07, 6.45) is 2.77. The fourth-order valence-electron chi connectivity index (χ4n) is 2.74. The molecule has 0 aliphatic heterocycles. The molecule has 2 aromatic rings. The molecule has 3 rings (SSSR count). The Labute approximate surface area is 110 Å². The SMILES string of the molecule is COc1cc2[nH]c3c(c2cc1OC)CCCC3=NO. The summed E-state index contributed by atoms with van der Waals surface area (Å²) in [5.74, 6) is 1.40. The quantitative estimate of drug-likeness (QED) is 0.644. The lowest BCUT2D eigenvalue weighted by Gasteiger charge is -2.12. The van der Waals surface area contributed by atoms with Gasteiger partial charge < -0.3 is 19.7 Å². The molecule has 0 saturated heterocycles. The van der Waals surface area contributed by atoms with E-state index in [0.717, 1.165) is 41.6 Å². The molecule has 19 heavy (non-hydrogen) atoms. The third-order valence-corrected chi connectivity index (χ3v) is 3.66. The number of hydrogen-bond donors (Lipinski definition) is 2. The van der Waals surface area contributed by atoms with Gasteiger partial charge in [0.15, 0.2) is 11.5 Å². The monoisotopic (exact) mass is 260 g/mol. The number of aromatic amines is 1. The lowest BCUT2D eigenvalue weighted by molar-refractivity contribution is 0.317. The van der Waals surface area contributed by atoms with Crippen LogP contribution >= 0.6 is 0 Å². The van der Waals surface area contributed by atoms with Gasteiger partial charge >= 0.3 is 0 Å².